The molecule has 36 heavy (non-hydrogen) atoms. The maximum atomic E-state index is 13.5. The normalized spacial score (nSPS) is 21.5. The summed E-state index contributed by atoms with van der Waals surface area (Å²) >= 11 is 0. The number of halogens is 2. The molecular formula is C25H29F2N7O2. The molecule has 1 aliphatic heterocycles. The van der Waals surface area contributed by atoms with Crippen LogP contribution < -0.4 is 11.5 Å². The minimum atomic E-state index is -3.07. The molecule has 190 valence electrons. The highest BCUT2D eigenvalue weighted by atomic mass is 19.3. The second-order valence-corrected chi connectivity index (χ2v) is 9.42. The van der Waals surface area contributed by atoms with Crippen LogP contribution in [0.4, 0.5) is 8.78 Å². The molecule has 4 N–H and O–H groups in total. The van der Waals surface area contributed by atoms with Gasteiger partial charge in [-0.3, -0.25) is 0 Å². The van der Waals surface area contributed by atoms with Gasteiger partial charge in [0, 0.05) is 43.5 Å². The highest BCUT2D eigenvalue weighted by Gasteiger charge is 2.43. The van der Waals surface area contributed by atoms with Gasteiger partial charge in [0.2, 0.25) is 0 Å². The van der Waals surface area contributed by atoms with Crippen molar-refractivity contribution < 1.29 is 18.0 Å². The number of rotatable bonds is 6. The lowest BCUT2D eigenvalue weighted by atomic mass is 9.85. The van der Waals surface area contributed by atoms with E-state index in [-0.39, 0.29) is 18.0 Å². The number of para-hydroxylation sites is 1. The second-order valence-electron chi connectivity index (χ2n) is 9.42. The maximum Gasteiger partial charge on any atom is 0.387 e. The molecule has 1 aromatic carbocycles. The fourth-order valence-electron chi connectivity index (χ4n) is 4.94. The molecule has 1 fully saturated rings. The smallest absolute Gasteiger partial charge is 0.387 e. The van der Waals surface area contributed by atoms with Crippen LogP contribution in [0.1, 0.15) is 25.1 Å². The van der Waals surface area contributed by atoms with E-state index in [1.54, 1.807) is 12.1 Å². The van der Waals surface area contributed by atoms with Crippen molar-refractivity contribution in [3.63, 3.8) is 0 Å². The van der Waals surface area contributed by atoms with Gasteiger partial charge in [0.25, 0.3) is 0 Å². The molecule has 1 unspecified atom stereocenters. The van der Waals surface area contributed by atoms with Crippen LogP contribution in [0.15, 0.2) is 64.3 Å². The SMILES string of the molecule is CN(C)C1CCN(C2=C(N)CC(N)(c3nccc(-c4noc5ccccc45)n3)C(OC(F)F)=C2)CC1. The summed E-state index contributed by atoms with van der Waals surface area (Å²) in [6.07, 6.45) is 4.93. The van der Waals surface area contributed by atoms with Crippen LogP contribution >= 0.6 is 0 Å². The first-order valence-electron chi connectivity index (χ1n) is 11.8. The van der Waals surface area contributed by atoms with Crippen molar-refractivity contribution in [1.82, 2.24) is 24.9 Å². The summed E-state index contributed by atoms with van der Waals surface area (Å²) in [6.45, 7) is -1.57. The zero-order valence-corrected chi connectivity index (χ0v) is 20.2. The third-order valence-corrected chi connectivity index (χ3v) is 6.93. The van der Waals surface area contributed by atoms with Crippen LogP contribution in [0.5, 0.6) is 0 Å². The van der Waals surface area contributed by atoms with E-state index < -0.39 is 12.2 Å². The maximum absolute atomic E-state index is 13.5. The first kappa shape index (κ1) is 24.1. The Bertz CT molecular complexity index is 1310. The first-order valence-corrected chi connectivity index (χ1v) is 11.8. The Kier molecular flexibility index (Phi) is 6.35. The summed E-state index contributed by atoms with van der Waals surface area (Å²) in [4.78, 5) is 13.2. The van der Waals surface area contributed by atoms with E-state index in [1.165, 1.54) is 12.3 Å². The molecule has 3 heterocycles. The number of likely N-dealkylation sites (tertiary alicyclic amines) is 1. The van der Waals surface area contributed by atoms with Crippen molar-refractivity contribution in [2.24, 2.45) is 11.5 Å². The second kappa shape index (κ2) is 9.47. The fraction of sp³-hybridized carbons (Fsp3) is 0.400. The van der Waals surface area contributed by atoms with Crippen LogP contribution in [-0.2, 0) is 10.3 Å². The van der Waals surface area contributed by atoms with E-state index in [4.69, 9.17) is 20.7 Å². The number of nitrogens with zero attached hydrogens (tertiary/aromatic N) is 5. The molecule has 5 rings (SSSR count). The van der Waals surface area contributed by atoms with Gasteiger partial charge in [-0.15, -0.1) is 0 Å². The zero-order valence-electron chi connectivity index (χ0n) is 20.2. The number of allylic oxidation sites excluding steroid dienone is 1. The minimum absolute atomic E-state index is 0.0253. The van der Waals surface area contributed by atoms with Gasteiger partial charge < -0.3 is 30.5 Å². The average molecular weight is 498 g/mol. The minimum Gasteiger partial charge on any atom is -0.437 e. The van der Waals surface area contributed by atoms with Crippen molar-refractivity contribution in [1.29, 1.82) is 0 Å². The molecule has 0 amide bonds. The number of benzene rings is 1. The molecule has 11 heteroatoms. The third-order valence-electron chi connectivity index (χ3n) is 6.93. The van der Waals surface area contributed by atoms with Crippen molar-refractivity contribution in [3.8, 4) is 11.4 Å². The number of ether oxygens (including phenoxy) is 1. The lowest BCUT2D eigenvalue weighted by Crippen LogP contribution is -2.47. The van der Waals surface area contributed by atoms with Crippen LogP contribution in [0.2, 0.25) is 0 Å². The first-order chi connectivity index (χ1) is 17.3. The summed E-state index contributed by atoms with van der Waals surface area (Å²) in [6, 6.07) is 9.49. The van der Waals surface area contributed by atoms with Gasteiger partial charge in [-0.05, 0) is 45.1 Å². The van der Waals surface area contributed by atoms with Gasteiger partial charge in [-0.25, -0.2) is 9.97 Å². The van der Waals surface area contributed by atoms with E-state index >= 15 is 0 Å². The van der Waals surface area contributed by atoms with E-state index in [2.05, 4.69) is 39.0 Å². The van der Waals surface area contributed by atoms with Crippen molar-refractivity contribution in [2.45, 2.75) is 37.5 Å². The number of piperidine rings is 1. The predicted molar refractivity (Wildman–Crippen MR) is 130 cm³/mol. The van der Waals surface area contributed by atoms with Gasteiger partial charge in [0.1, 0.15) is 17.0 Å². The highest BCUT2D eigenvalue weighted by Crippen LogP contribution is 2.39. The van der Waals surface area contributed by atoms with Crippen molar-refractivity contribution in [2.75, 3.05) is 27.2 Å². The Morgan fingerprint density at radius 1 is 1.19 bits per heavy atom. The Morgan fingerprint density at radius 3 is 2.67 bits per heavy atom. The van der Waals surface area contributed by atoms with Gasteiger partial charge >= 0.3 is 6.61 Å². The van der Waals surface area contributed by atoms with Gasteiger partial charge in [-0.1, -0.05) is 17.3 Å². The van der Waals surface area contributed by atoms with Crippen LogP contribution in [0.25, 0.3) is 22.4 Å². The molecule has 2 aliphatic rings. The Labute approximate surface area is 207 Å². The number of hydrogen-bond donors (Lipinski definition) is 2. The van der Waals surface area contributed by atoms with Gasteiger partial charge in [0.15, 0.2) is 11.4 Å². The van der Waals surface area contributed by atoms with Crippen LogP contribution in [-0.4, -0.2) is 64.8 Å². The van der Waals surface area contributed by atoms with E-state index in [0.29, 0.717) is 34.4 Å². The Hall–Kier alpha value is -3.57. The standard InChI is InChI=1S/C25H29F2N7O2/c1-33(2)15-8-11-34(12-9-15)19-13-21(35-24(26)27)25(29,14-17(19)28)23-30-10-7-18(31-23)22-16-5-3-4-6-20(16)36-32-22/h3-7,10,13,15,24H,8-9,11-12,14,28-29H2,1-2H3. The molecule has 0 radical (unpaired) electrons. The topological polar surface area (TPSA) is 120 Å². The summed E-state index contributed by atoms with van der Waals surface area (Å²) in [5.74, 6) is -0.0223. The summed E-state index contributed by atoms with van der Waals surface area (Å²) in [5, 5.41) is 4.90. The number of alkyl halides is 2. The summed E-state index contributed by atoms with van der Waals surface area (Å²) in [7, 11) is 4.11. The van der Waals surface area contributed by atoms with Crippen LogP contribution in [0.3, 0.4) is 0 Å². The molecule has 1 aliphatic carbocycles. The molecule has 2 aromatic heterocycles. The van der Waals surface area contributed by atoms with E-state index in [9.17, 15) is 8.78 Å². The van der Waals surface area contributed by atoms with Gasteiger partial charge in [-0.2, -0.15) is 8.78 Å². The predicted octanol–water partition coefficient (Wildman–Crippen LogP) is 3.16. The van der Waals surface area contributed by atoms with Crippen molar-refractivity contribution >= 4 is 11.0 Å². The number of hydrogen-bond acceptors (Lipinski definition) is 9. The molecule has 0 saturated carbocycles. The lowest BCUT2D eigenvalue weighted by molar-refractivity contribution is -0.108. The zero-order chi connectivity index (χ0) is 25.4. The molecule has 0 spiro atoms. The number of nitrogens with two attached hydrogens (primary N) is 2. The Morgan fingerprint density at radius 2 is 1.94 bits per heavy atom. The largest absolute Gasteiger partial charge is 0.437 e. The Balaban J connectivity index is 1.49. The fourth-order valence-corrected chi connectivity index (χ4v) is 4.94. The molecular weight excluding hydrogens is 468 g/mol. The number of fused-ring (bicyclic) bond motifs is 1. The average Bonchev–Trinajstić information content (AvgIpc) is 3.30. The molecule has 1 atom stereocenters. The summed E-state index contributed by atoms with van der Waals surface area (Å²) < 4.78 is 37.4. The monoisotopic (exact) mass is 497 g/mol. The molecule has 3 aromatic rings. The van der Waals surface area contributed by atoms with E-state index in [1.807, 2.05) is 18.2 Å². The number of aromatic nitrogens is 3. The third kappa shape index (κ3) is 4.40. The quantitative estimate of drug-likeness (QED) is 0.529. The highest BCUT2D eigenvalue weighted by molar-refractivity contribution is 5.90. The molecule has 9 nitrogen and oxygen atoms in total. The van der Waals surface area contributed by atoms with Crippen molar-refractivity contribution in [3.05, 3.63) is 65.6 Å². The summed E-state index contributed by atoms with van der Waals surface area (Å²) in [5.41, 5.74) is 14.3. The van der Waals surface area contributed by atoms with Crippen LogP contribution in [0, 0.1) is 0 Å². The molecule has 0 bridgehead atoms. The lowest BCUT2D eigenvalue weighted by Gasteiger charge is -2.41. The van der Waals surface area contributed by atoms with Gasteiger partial charge in [0.05, 0.1) is 16.8 Å². The van der Waals surface area contributed by atoms with E-state index in [0.717, 1.165) is 31.3 Å². The molecule has 1 saturated heterocycles.